The molecular formula is C32H36ClN5O2. The summed E-state index contributed by atoms with van der Waals surface area (Å²) in [6.45, 7) is 6.33. The van der Waals surface area contributed by atoms with Gasteiger partial charge >= 0.3 is 0 Å². The number of nitrogens with zero attached hydrogens (tertiary/aromatic N) is 5. The Morgan fingerprint density at radius 2 is 1.68 bits per heavy atom. The summed E-state index contributed by atoms with van der Waals surface area (Å²) in [5, 5.41) is 0.740. The standard InChI is InChI=1S/C32H36ClN5O2/c1-40-30-11-5-4-10-29(30)36-17-19-37(20-18-36)32(39)25-7-6-16-35(22-25)23-31-34-27-8-2-3-9-28(27)38(31)21-24-12-14-26(33)15-13-24/h2-5,8-15,25H,6-7,16-23H2,1H3/t25-/m1/s1. The van der Waals surface area contributed by atoms with Crippen molar-refractivity contribution >= 4 is 34.2 Å². The molecule has 7 nitrogen and oxygen atoms in total. The van der Waals surface area contributed by atoms with Gasteiger partial charge in [0.1, 0.15) is 11.6 Å². The van der Waals surface area contributed by atoms with Crippen LogP contribution in [0, 0.1) is 5.92 Å². The fraction of sp³-hybridized carbons (Fsp3) is 0.375. The summed E-state index contributed by atoms with van der Waals surface area (Å²) in [7, 11) is 1.71. The number of piperazine rings is 1. The third kappa shape index (κ3) is 5.67. The van der Waals surface area contributed by atoms with Crippen molar-refractivity contribution in [3.05, 3.63) is 89.2 Å². The summed E-state index contributed by atoms with van der Waals surface area (Å²) in [5.74, 6) is 2.24. The van der Waals surface area contributed by atoms with Crippen molar-refractivity contribution in [2.75, 3.05) is 51.3 Å². The zero-order valence-electron chi connectivity index (χ0n) is 23.0. The second-order valence-electron chi connectivity index (χ2n) is 10.8. The first-order valence-corrected chi connectivity index (χ1v) is 14.5. The zero-order valence-corrected chi connectivity index (χ0v) is 23.8. The molecule has 2 fully saturated rings. The Kier molecular flexibility index (Phi) is 7.93. The lowest BCUT2D eigenvalue weighted by Crippen LogP contribution is -2.52. The summed E-state index contributed by atoms with van der Waals surface area (Å²) < 4.78 is 7.86. The van der Waals surface area contributed by atoms with Crippen LogP contribution in [0.15, 0.2) is 72.8 Å². The fourth-order valence-electron chi connectivity index (χ4n) is 6.11. The van der Waals surface area contributed by atoms with Crippen LogP contribution in [0.5, 0.6) is 5.75 Å². The van der Waals surface area contributed by atoms with E-state index in [4.69, 9.17) is 21.3 Å². The molecule has 208 valence electrons. The Hall–Kier alpha value is -3.55. The maximum atomic E-state index is 13.6. The van der Waals surface area contributed by atoms with Gasteiger partial charge in [0.05, 0.1) is 36.3 Å². The summed E-state index contributed by atoms with van der Waals surface area (Å²) in [6, 6.07) is 24.4. The second-order valence-corrected chi connectivity index (χ2v) is 11.2. The first-order valence-electron chi connectivity index (χ1n) is 14.2. The van der Waals surface area contributed by atoms with Gasteiger partial charge in [-0.25, -0.2) is 4.98 Å². The van der Waals surface area contributed by atoms with E-state index in [2.05, 4.69) is 55.7 Å². The molecular weight excluding hydrogens is 522 g/mol. The van der Waals surface area contributed by atoms with Gasteiger partial charge in [0.2, 0.25) is 5.91 Å². The van der Waals surface area contributed by atoms with Gasteiger partial charge in [-0.1, -0.05) is 48.0 Å². The van der Waals surface area contributed by atoms with Crippen molar-refractivity contribution in [1.29, 1.82) is 0 Å². The topological polar surface area (TPSA) is 53.8 Å². The van der Waals surface area contributed by atoms with Gasteiger partial charge in [-0.15, -0.1) is 0 Å². The molecule has 0 saturated carbocycles. The number of halogens is 1. The van der Waals surface area contributed by atoms with Crippen molar-refractivity contribution in [3.8, 4) is 5.75 Å². The molecule has 0 aliphatic carbocycles. The number of hydrogen-bond donors (Lipinski definition) is 0. The number of carbonyl (C=O) groups excluding carboxylic acids is 1. The van der Waals surface area contributed by atoms with E-state index in [1.54, 1.807) is 7.11 Å². The molecule has 0 N–H and O–H groups in total. The van der Waals surface area contributed by atoms with Crippen molar-refractivity contribution < 1.29 is 9.53 Å². The van der Waals surface area contributed by atoms with Crippen LogP contribution in [0.2, 0.25) is 5.02 Å². The Bertz CT molecular complexity index is 1460. The van der Waals surface area contributed by atoms with Gasteiger partial charge in [0.25, 0.3) is 0 Å². The first-order chi connectivity index (χ1) is 19.6. The normalized spacial score (nSPS) is 18.3. The molecule has 0 unspecified atom stereocenters. The monoisotopic (exact) mass is 557 g/mol. The van der Waals surface area contributed by atoms with E-state index in [1.807, 2.05) is 36.4 Å². The van der Waals surface area contributed by atoms with E-state index in [9.17, 15) is 4.79 Å². The predicted molar refractivity (Wildman–Crippen MR) is 160 cm³/mol. The van der Waals surface area contributed by atoms with E-state index in [-0.39, 0.29) is 5.92 Å². The molecule has 3 aromatic carbocycles. The van der Waals surface area contributed by atoms with E-state index in [1.165, 1.54) is 5.56 Å². The third-order valence-corrected chi connectivity index (χ3v) is 8.48. The molecule has 0 bridgehead atoms. The van der Waals surface area contributed by atoms with Crippen LogP contribution in [-0.2, 0) is 17.9 Å². The van der Waals surface area contributed by atoms with E-state index >= 15 is 0 Å². The molecule has 2 saturated heterocycles. The Morgan fingerprint density at radius 1 is 0.925 bits per heavy atom. The maximum absolute atomic E-state index is 13.6. The number of imidazole rings is 1. The highest BCUT2D eigenvalue weighted by molar-refractivity contribution is 6.30. The molecule has 1 atom stereocenters. The number of fused-ring (bicyclic) bond motifs is 1. The molecule has 1 amide bonds. The minimum absolute atomic E-state index is 0.0284. The molecule has 2 aliphatic rings. The van der Waals surface area contributed by atoms with Crippen LogP contribution >= 0.6 is 11.6 Å². The molecule has 0 radical (unpaired) electrons. The van der Waals surface area contributed by atoms with Crippen molar-refractivity contribution in [2.24, 2.45) is 5.92 Å². The Balaban J connectivity index is 1.12. The van der Waals surface area contributed by atoms with Gasteiger partial charge in [-0.05, 0) is 61.3 Å². The lowest BCUT2D eigenvalue weighted by atomic mass is 9.96. The fourth-order valence-corrected chi connectivity index (χ4v) is 6.24. The van der Waals surface area contributed by atoms with Gasteiger partial charge in [-0.2, -0.15) is 0 Å². The number of benzene rings is 3. The van der Waals surface area contributed by atoms with Gasteiger partial charge in [0, 0.05) is 44.3 Å². The van der Waals surface area contributed by atoms with E-state index in [0.717, 1.165) is 98.5 Å². The highest BCUT2D eigenvalue weighted by Crippen LogP contribution is 2.29. The van der Waals surface area contributed by atoms with Crippen molar-refractivity contribution in [2.45, 2.75) is 25.9 Å². The average molecular weight is 558 g/mol. The van der Waals surface area contributed by atoms with Crippen LogP contribution in [0.3, 0.4) is 0 Å². The highest BCUT2D eigenvalue weighted by atomic mass is 35.5. The molecule has 3 heterocycles. The molecule has 40 heavy (non-hydrogen) atoms. The average Bonchev–Trinajstić information content (AvgIpc) is 3.34. The lowest BCUT2D eigenvalue weighted by molar-refractivity contribution is -0.137. The summed E-state index contributed by atoms with van der Waals surface area (Å²) in [4.78, 5) is 25.4. The number of amides is 1. The number of ether oxygens (including phenoxy) is 1. The zero-order chi connectivity index (χ0) is 27.5. The Morgan fingerprint density at radius 3 is 2.48 bits per heavy atom. The molecule has 6 rings (SSSR count). The summed E-state index contributed by atoms with van der Waals surface area (Å²) in [6.07, 6.45) is 1.97. The Labute approximate surface area is 240 Å². The number of piperidine rings is 1. The number of carbonyl (C=O) groups is 1. The third-order valence-electron chi connectivity index (χ3n) is 8.22. The van der Waals surface area contributed by atoms with Gasteiger partial charge in [-0.3, -0.25) is 9.69 Å². The molecule has 0 spiro atoms. The van der Waals surface area contributed by atoms with Gasteiger partial charge in [0.15, 0.2) is 0 Å². The maximum Gasteiger partial charge on any atom is 0.227 e. The molecule has 2 aliphatic heterocycles. The van der Waals surface area contributed by atoms with Crippen LogP contribution in [0.25, 0.3) is 11.0 Å². The van der Waals surface area contributed by atoms with Crippen molar-refractivity contribution in [1.82, 2.24) is 19.4 Å². The molecule has 8 heteroatoms. The largest absolute Gasteiger partial charge is 0.495 e. The summed E-state index contributed by atoms with van der Waals surface area (Å²) >= 11 is 6.13. The SMILES string of the molecule is COc1ccccc1N1CCN(C(=O)[C@@H]2CCCN(Cc3nc4ccccc4n3Cc3ccc(Cl)cc3)C2)CC1. The lowest BCUT2D eigenvalue weighted by Gasteiger charge is -2.40. The van der Waals surface area contributed by atoms with Gasteiger partial charge < -0.3 is 19.1 Å². The number of methoxy groups -OCH3 is 1. The minimum Gasteiger partial charge on any atom is -0.495 e. The predicted octanol–water partition coefficient (Wildman–Crippen LogP) is 5.31. The number of para-hydroxylation sites is 4. The van der Waals surface area contributed by atoms with Crippen LogP contribution in [0.4, 0.5) is 5.69 Å². The van der Waals surface area contributed by atoms with E-state index < -0.39 is 0 Å². The van der Waals surface area contributed by atoms with Crippen LogP contribution in [0.1, 0.15) is 24.2 Å². The smallest absolute Gasteiger partial charge is 0.227 e. The second kappa shape index (κ2) is 11.9. The number of hydrogen-bond acceptors (Lipinski definition) is 5. The van der Waals surface area contributed by atoms with Crippen molar-refractivity contribution in [3.63, 3.8) is 0 Å². The number of aromatic nitrogens is 2. The van der Waals surface area contributed by atoms with Crippen LogP contribution in [-0.4, -0.2) is 71.6 Å². The van der Waals surface area contributed by atoms with Crippen LogP contribution < -0.4 is 9.64 Å². The number of likely N-dealkylation sites (tertiary alicyclic amines) is 1. The molecule has 4 aromatic rings. The highest BCUT2D eigenvalue weighted by Gasteiger charge is 2.32. The quantitative estimate of drug-likeness (QED) is 0.308. The number of rotatable bonds is 7. The summed E-state index contributed by atoms with van der Waals surface area (Å²) in [5.41, 5.74) is 4.42. The minimum atomic E-state index is 0.0284. The first kappa shape index (κ1) is 26.7. The number of anilines is 1. The molecule has 1 aromatic heterocycles. The van der Waals surface area contributed by atoms with E-state index in [0.29, 0.717) is 5.91 Å².